The fraction of sp³-hybridized carbons (Fsp3) is 0.552. The van der Waals surface area contributed by atoms with Crippen LogP contribution >= 0.6 is 27.5 Å². The second-order valence-corrected chi connectivity index (χ2v) is 12.0. The molecule has 4 rings (SSSR count). The van der Waals surface area contributed by atoms with Crippen molar-refractivity contribution in [2.24, 2.45) is 11.8 Å². The molecule has 3 heterocycles. The number of benzene rings is 1. The second-order valence-electron chi connectivity index (χ2n) is 10.4. The lowest BCUT2D eigenvalue weighted by Gasteiger charge is -2.37. The van der Waals surface area contributed by atoms with Crippen LogP contribution in [0.15, 0.2) is 49.6 Å². The Hall–Kier alpha value is -2.20. The molecule has 3 aliphatic rings. The van der Waals surface area contributed by atoms with E-state index in [1.54, 1.807) is 51.1 Å². The van der Waals surface area contributed by atoms with E-state index in [-0.39, 0.29) is 42.2 Å². The number of hydrogen-bond donors (Lipinski definition) is 1. The molecule has 3 aliphatic heterocycles. The minimum absolute atomic E-state index is 0.0197. The average Bonchev–Trinajstić information content (AvgIpc) is 3.50. The van der Waals surface area contributed by atoms with Crippen LogP contribution in [0, 0.1) is 11.8 Å². The average molecular weight is 623 g/mol. The summed E-state index contributed by atoms with van der Waals surface area (Å²) in [5.41, 5.74) is -0.651. The smallest absolute Gasteiger partial charge is 0.253 e. The summed E-state index contributed by atoms with van der Waals surface area (Å²) in [6.45, 7) is 11.0. The monoisotopic (exact) mass is 621 g/mol. The number of alkyl halides is 1. The van der Waals surface area contributed by atoms with Crippen molar-refractivity contribution in [3.8, 4) is 0 Å². The van der Waals surface area contributed by atoms with E-state index in [0.717, 1.165) is 6.42 Å². The lowest BCUT2D eigenvalue weighted by atomic mass is 9.70. The maximum atomic E-state index is 14.5. The van der Waals surface area contributed by atoms with E-state index in [1.165, 1.54) is 0 Å². The molecule has 0 aromatic heterocycles. The Kier molecular flexibility index (Phi) is 9.57. The quantitative estimate of drug-likeness (QED) is 0.205. The van der Waals surface area contributed by atoms with Crippen LogP contribution in [0.5, 0.6) is 0 Å². The van der Waals surface area contributed by atoms with Crippen LogP contribution in [0.1, 0.15) is 32.6 Å². The summed E-state index contributed by atoms with van der Waals surface area (Å²) in [6.07, 6.45) is 4.96. The number of ether oxygens (including phenoxy) is 1. The Bertz CT molecular complexity index is 1120. The van der Waals surface area contributed by atoms with Gasteiger partial charge in [0, 0.05) is 37.6 Å². The first-order chi connectivity index (χ1) is 18.8. The summed E-state index contributed by atoms with van der Waals surface area (Å²) in [6, 6.07) is 6.11. The zero-order chi connectivity index (χ0) is 28.3. The van der Waals surface area contributed by atoms with Crippen LogP contribution in [-0.4, -0.2) is 88.0 Å². The molecule has 10 heteroatoms. The number of aliphatic hydroxyl groups is 1. The number of amides is 3. The summed E-state index contributed by atoms with van der Waals surface area (Å²) in [7, 11) is 0. The van der Waals surface area contributed by atoms with E-state index in [2.05, 4.69) is 29.1 Å². The van der Waals surface area contributed by atoms with E-state index in [0.29, 0.717) is 43.1 Å². The highest BCUT2D eigenvalue weighted by Crippen LogP contribution is 2.60. The van der Waals surface area contributed by atoms with Crippen molar-refractivity contribution in [1.29, 1.82) is 0 Å². The molecular weight excluding hydrogens is 586 g/mol. The zero-order valence-electron chi connectivity index (χ0n) is 22.3. The highest BCUT2D eigenvalue weighted by atomic mass is 79.9. The number of carbonyl (C=O) groups excluding carboxylic acids is 3. The number of unbranched alkanes of at least 4 members (excludes halogenated alkanes) is 1. The van der Waals surface area contributed by atoms with Crippen LogP contribution in [-0.2, 0) is 19.1 Å². The molecule has 3 amide bonds. The van der Waals surface area contributed by atoms with E-state index >= 15 is 0 Å². The molecule has 0 radical (unpaired) electrons. The van der Waals surface area contributed by atoms with Crippen molar-refractivity contribution < 1.29 is 24.2 Å². The van der Waals surface area contributed by atoms with Crippen molar-refractivity contribution in [3.05, 3.63) is 54.6 Å². The Balaban J connectivity index is 1.79. The summed E-state index contributed by atoms with van der Waals surface area (Å²) in [4.78, 5) is 47.3. The molecule has 0 saturated carbocycles. The standard InChI is InChI=1S/C29H37BrClN3O5/c1-4-13-32(14-5-2)26(36)22-23-27(37)34(16-9-10-17-35)25(29(23)18-19(30)24(22)39-29)28(38)33(15-6-3)21-12-8-7-11-20(21)31/h4,6-8,11-12,19,22-25,35H,1,3,5,9-10,13-18H2,2H3/t19?,22-,23-,24-,25?,29?/m0/s1. The van der Waals surface area contributed by atoms with Gasteiger partial charge in [-0.05, 0) is 37.8 Å². The zero-order valence-corrected chi connectivity index (χ0v) is 24.6. The molecule has 3 unspecified atom stereocenters. The third-order valence-electron chi connectivity index (χ3n) is 7.99. The van der Waals surface area contributed by atoms with Crippen LogP contribution < -0.4 is 4.90 Å². The molecule has 39 heavy (non-hydrogen) atoms. The minimum atomic E-state index is -1.17. The molecule has 1 spiro atoms. The number of anilines is 1. The van der Waals surface area contributed by atoms with Gasteiger partial charge in [0.2, 0.25) is 11.8 Å². The summed E-state index contributed by atoms with van der Waals surface area (Å²) >= 11 is 10.2. The molecule has 1 N–H and O–H groups in total. The number of halogens is 2. The van der Waals surface area contributed by atoms with E-state index in [1.807, 2.05) is 6.92 Å². The minimum Gasteiger partial charge on any atom is -0.396 e. The SMILES string of the molecule is C=CCN(CCC)C(=O)[C@H]1[C@H]2C(=O)N(CCCCO)C(C(=O)N(CC=C)c3ccccc3Cl)C23CC(Br)[C@@H]1O3. The number of likely N-dealkylation sites (tertiary alicyclic amines) is 1. The van der Waals surface area contributed by atoms with Gasteiger partial charge < -0.3 is 24.5 Å². The molecule has 3 saturated heterocycles. The van der Waals surface area contributed by atoms with Gasteiger partial charge in [0.05, 0.1) is 28.6 Å². The van der Waals surface area contributed by atoms with Gasteiger partial charge in [-0.15, -0.1) is 13.2 Å². The molecule has 0 aliphatic carbocycles. The molecule has 212 valence electrons. The fourth-order valence-electron chi connectivity index (χ4n) is 6.51. The molecule has 6 atom stereocenters. The topological polar surface area (TPSA) is 90.4 Å². The lowest BCUT2D eigenvalue weighted by molar-refractivity contribution is -0.145. The maximum Gasteiger partial charge on any atom is 0.253 e. The van der Waals surface area contributed by atoms with Gasteiger partial charge in [-0.25, -0.2) is 0 Å². The first kappa shape index (κ1) is 29.8. The lowest BCUT2D eigenvalue weighted by Crippen LogP contribution is -2.57. The van der Waals surface area contributed by atoms with Crippen molar-refractivity contribution in [3.63, 3.8) is 0 Å². The number of hydrogen-bond acceptors (Lipinski definition) is 5. The number of nitrogens with zero attached hydrogens (tertiary/aromatic N) is 3. The van der Waals surface area contributed by atoms with Gasteiger partial charge in [-0.3, -0.25) is 14.4 Å². The third kappa shape index (κ3) is 5.19. The third-order valence-corrected chi connectivity index (χ3v) is 9.16. The van der Waals surface area contributed by atoms with Gasteiger partial charge in [0.15, 0.2) is 0 Å². The molecule has 8 nitrogen and oxygen atoms in total. The Morgan fingerprint density at radius 3 is 2.59 bits per heavy atom. The van der Waals surface area contributed by atoms with Crippen LogP contribution in [0.25, 0.3) is 0 Å². The van der Waals surface area contributed by atoms with Gasteiger partial charge in [0.1, 0.15) is 11.6 Å². The first-order valence-electron chi connectivity index (χ1n) is 13.6. The highest BCUT2D eigenvalue weighted by Gasteiger charge is 2.76. The first-order valence-corrected chi connectivity index (χ1v) is 14.9. The molecular formula is C29H37BrClN3O5. The van der Waals surface area contributed by atoms with Crippen LogP contribution in [0.3, 0.4) is 0 Å². The Morgan fingerprint density at radius 1 is 1.23 bits per heavy atom. The second kappa shape index (κ2) is 12.5. The highest BCUT2D eigenvalue weighted by molar-refractivity contribution is 9.09. The van der Waals surface area contributed by atoms with Gasteiger partial charge in [-0.2, -0.15) is 0 Å². The van der Waals surface area contributed by atoms with E-state index in [9.17, 15) is 19.5 Å². The fourth-order valence-corrected chi connectivity index (χ4v) is 7.69. The molecule has 1 aromatic carbocycles. The van der Waals surface area contributed by atoms with Crippen molar-refractivity contribution in [2.75, 3.05) is 37.7 Å². The maximum absolute atomic E-state index is 14.5. The van der Waals surface area contributed by atoms with E-state index in [4.69, 9.17) is 16.3 Å². The molecule has 1 aromatic rings. The number of carbonyl (C=O) groups is 3. The number of para-hydroxylation sites is 1. The van der Waals surface area contributed by atoms with Gasteiger partial charge in [-0.1, -0.05) is 58.7 Å². The van der Waals surface area contributed by atoms with E-state index < -0.39 is 29.6 Å². The molecule has 3 fully saturated rings. The van der Waals surface area contributed by atoms with Crippen LogP contribution in [0.4, 0.5) is 5.69 Å². The van der Waals surface area contributed by atoms with Gasteiger partial charge in [0.25, 0.3) is 5.91 Å². The summed E-state index contributed by atoms with van der Waals surface area (Å²) in [5, 5.41) is 9.80. The normalized spacial score (nSPS) is 28.9. The number of rotatable bonds is 13. The van der Waals surface area contributed by atoms with Crippen LogP contribution in [0.2, 0.25) is 5.02 Å². The predicted molar refractivity (Wildman–Crippen MR) is 155 cm³/mol. The van der Waals surface area contributed by atoms with Crippen molar-refractivity contribution in [1.82, 2.24) is 9.80 Å². The van der Waals surface area contributed by atoms with Crippen molar-refractivity contribution >= 4 is 50.9 Å². The van der Waals surface area contributed by atoms with Gasteiger partial charge >= 0.3 is 0 Å². The predicted octanol–water partition coefficient (Wildman–Crippen LogP) is 3.80. The molecule has 2 bridgehead atoms. The summed E-state index contributed by atoms with van der Waals surface area (Å²) < 4.78 is 6.63. The summed E-state index contributed by atoms with van der Waals surface area (Å²) in [5.74, 6) is -2.23. The Morgan fingerprint density at radius 2 is 1.95 bits per heavy atom. The van der Waals surface area contributed by atoms with Crippen molar-refractivity contribution in [2.45, 2.75) is 55.2 Å². The largest absolute Gasteiger partial charge is 0.396 e. The number of fused-ring (bicyclic) bond motifs is 1. The Labute approximate surface area is 243 Å². The number of aliphatic hydroxyl groups excluding tert-OH is 1.